The molecule has 4 heteroatoms. The highest BCUT2D eigenvalue weighted by Gasteiger charge is 2.28. The molecule has 4 aromatic carbocycles. The monoisotopic (exact) mass is 544 g/mol. The van der Waals surface area contributed by atoms with Gasteiger partial charge in [-0.3, -0.25) is 0 Å². The number of aliphatic imine (C=N–C) groups is 2. The van der Waals surface area contributed by atoms with Crippen LogP contribution in [0.25, 0.3) is 10.8 Å². The minimum absolute atomic E-state index is 0.937. The van der Waals surface area contributed by atoms with E-state index >= 15 is 0 Å². The van der Waals surface area contributed by atoms with Crippen LogP contribution in [0.3, 0.4) is 0 Å². The van der Waals surface area contributed by atoms with Gasteiger partial charge in [0.25, 0.3) is 0 Å². The van der Waals surface area contributed by atoms with Gasteiger partial charge in [-0.25, -0.2) is 9.98 Å². The summed E-state index contributed by atoms with van der Waals surface area (Å²) >= 11 is 7.22. The van der Waals surface area contributed by atoms with E-state index in [2.05, 4.69) is 120 Å². The van der Waals surface area contributed by atoms with Crippen LogP contribution in [0.15, 0.2) is 79.6 Å². The third kappa shape index (κ3) is 3.56. The summed E-state index contributed by atoms with van der Waals surface area (Å²) < 4.78 is 2.14. The SMILES string of the molecule is Cc1cc(Br)cc(C)c1N=C1C(=Nc2c(C)cc(Br)cc2C)c2cccc3cccc1c23. The fourth-order valence-corrected chi connectivity index (χ4v) is 5.97. The van der Waals surface area contributed by atoms with Gasteiger partial charge in [-0.1, -0.05) is 68.3 Å². The number of hydrogen-bond acceptors (Lipinski definition) is 2. The summed E-state index contributed by atoms with van der Waals surface area (Å²) in [6, 6.07) is 21.3. The second kappa shape index (κ2) is 8.09. The van der Waals surface area contributed by atoms with Crippen LogP contribution in [0.5, 0.6) is 0 Å². The summed E-state index contributed by atoms with van der Waals surface area (Å²) in [4.78, 5) is 10.5. The van der Waals surface area contributed by atoms with E-state index in [1.54, 1.807) is 0 Å². The molecular weight excluding hydrogens is 524 g/mol. The second-order valence-corrected chi connectivity index (χ2v) is 10.2. The molecule has 5 rings (SSSR count). The molecule has 0 radical (unpaired) electrons. The van der Waals surface area contributed by atoms with Gasteiger partial charge >= 0.3 is 0 Å². The first-order valence-electron chi connectivity index (χ1n) is 10.6. The number of benzene rings is 4. The largest absolute Gasteiger partial charge is 0.246 e. The van der Waals surface area contributed by atoms with Crippen LogP contribution >= 0.6 is 31.9 Å². The number of halogens is 2. The van der Waals surface area contributed by atoms with Crippen LogP contribution in [0.2, 0.25) is 0 Å². The van der Waals surface area contributed by atoms with Crippen molar-refractivity contribution in [1.82, 2.24) is 0 Å². The maximum Gasteiger partial charge on any atom is 0.0979 e. The van der Waals surface area contributed by atoms with Gasteiger partial charge in [0.1, 0.15) is 0 Å². The Hall–Kier alpha value is -2.56. The van der Waals surface area contributed by atoms with Crippen molar-refractivity contribution >= 4 is 65.4 Å². The van der Waals surface area contributed by atoms with Gasteiger partial charge in [-0.2, -0.15) is 0 Å². The lowest BCUT2D eigenvalue weighted by Gasteiger charge is -2.11. The molecule has 4 aromatic rings. The van der Waals surface area contributed by atoms with Crippen molar-refractivity contribution in [1.29, 1.82) is 0 Å². The zero-order chi connectivity index (χ0) is 22.6. The van der Waals surface area contributed by atoms with E-state index in [4.69, 9.17) is 9.98 Å². The standard InChI is InChI=1S/C28H22Br2N2/c1-15-11-20(29)12-16(2)25(15)31-27-22-9-5-7-19-8-6-10-23(24(19)22)28(27)32-26-17(3)13-21(30)14-18(26)4/h5-14H,1-4H3. The third-order valence-corrected chi connectivity index (χ3v) is 6.91. The summed E-state index contributed by atoms with van der Waals surface area (Å²) in [5.74, 6) is 0. The molecule has 1 aliphatic rings. The molecule has 1 aliphatic carbocycles. The normalized spacial score (nSPS) is 15.3. The number of rotatable bonds is 2. The van der Waals surface area contributed by atoms with Crippen molar-refractivity contribution in [3.63, 3.8) is 0 Å². The van der Waals surface area contributed by atoms with E-state index in [0.717, 1.165) is 65.1 Å². The molecule has 0 fully saturated rings. The Morgan fingerprint density at radius 3 is 1.31 bits per heavy atom. The van der Waals surface area contributed by atoms with Gasteiger partial charge in [-0.05, 0) is 79.6 Å². The number of aryl methyl sites for hydroxylation is 4. The number of hydrogen-bond donors (Lipinski definition) is 0. The van der Waals surface area contributed by atoms with Crippen molar-refractivity contribution in [3.05, 3.63) is 103 Å². The molecule has 0 unspecified atom stereocenters. The van der Waals surface area contributed by atoms with Crippen LogP contribution in [0.4, 0.5) is 11.4 Å². The Balaban J connectivity index is 1.84. The topological polar surface area (TPSA) is 24.7 Å². The molecule has 0 atom stereocenters. The van der Waals surface area contributed by atoms with Crippen LogP contribution in [0.1, 0.15) is 33.4 Å². The van der Waals surface area contributed by atoms with Crippen molar-refractivity contribution in [2.75, 3.05) is 0 Å². The number of nitrogens with zero attached hydrogens (tertiary/aromatic N) is 2. The van der Waals surface area contributed by atoms with E-state index in [0.29, 0.717) is 0 Å². The summed E-state index contributed by atoms with van der Waals surface area (Å²) in [6.07, 6.45) is 0. The van der Waals surface area contributed by atoms with Crippen molar-refractivity contribution in [2.45, 2.75) is 27.7 Å². The van der Waals surface area contributed by atoms with Crippen molar-refractivity contribution in [3.8, 4) is 0 Å². The lowest BCUT2D eigenvalue weighted by atomic mass is 10.1. The van der Waals surface area contributed by atoms with E-state index in [9.17, 15) is 0 Å². The molecule has 0 saturated carbocycles. The predicted molar refractivity (Wildman–Crippen MR) is 144 cm³/mol. The summed E-state index contributed by atoms with van der Waals surface area (Å²) in [6.45, 7) is 8.44. The summed E-state index contributed by atoms with van der Waals surface area (Å²) in [5.41, 5.74) is 10.7. The lowest BCUT2D eigenvalue weighted by Crippen LogP contribution is -2.11. The van der Waals surface area contributed by atoms with E-state index in [-0.39, 0.29) is 0 Å². The Morgan fingerprint density at radius 2 is 0.938 bits per heavy atom. The Labute approximate surface area is 205 Å². The van der Waals surface area contributed by atoms with Crippen molar-refractivity contribution in [2.24, 2.45) is 9.98 Å². The molecule has 0 aromatic heterocycles. The minimum atomic E-state index is 0.937. The van der Waals surface area contributed by atoms with Gasteiger partial charge < -0.3 is 0 Å². The van der Waals surface area contributed by atoms with Gasteiger partial charge in [0.05, 0.1) is 22.8 Å². The molecule has 2 nitrogen and oxygen atoms in total. The maximum atomic E-state index is 5.25. The van der Waals surface area contributed by atoms with Gasteiger partial charge in [0.15, 0.2) is 0 Å². The van der Waals surface area contributed by atoms with E-state index in [1.165, 1.54) is 10.8 Å². The molecule has 0 N–H and O–H groups in total. The van der Waals surface area contributed by atoms with Crippen LogP contribution < -0.4 is 0 Å². The van der Waals surface area contributed by atoms with Crippen LogP contribution in [0, 0.1) is 27.7 Å². The van der Waals surface area contributed by atoms with Gasteiger partial charge in [-0.15, -0.1) is 0 Å². The molecule has 0 bridgehead atoms. The summed E-state index contributed by atoms with van der Waals surface area (Å²) in [5, 5.41) is 2.44. The van der Waals surface area contributed by atoms with Gasteiger partial charge in [0, 0.05) is 25.5 Å². The highest BCUT2D eigenvalue weighted by Crippen LogP contribution is 2.37. The zero-order valence-corrected chi connectivity index (χ0v) is 21.6. The van der Waals surface area contributed by atoms with Crippen LogP contribution in [-0.4, -0.2) is 11.4 Å². The zero-order valence-electron chi connectivity index (χ0n) is 18.4. The highest BCUT2D eigenvalue weighted by atomic mass is 79.9. The second-order valence-electron chi connectivity index (χ2n) is 8.41. The molecule has 0 aliphatic heterocycles. The molecule has 32 heavy (non-hydrogen) atoms. The van der Waals surface area contributed by atoms with Gasteiger partial charge in [0.2, 0.25) is 0 Å². The van der Waals surface area contributed by atoms with E-state index < -0.39 is 0 Å². The molecule has 0 spiro atoms. The predicted octanol–water partition coefficient (Wildman–Crippen LogP) is 8.85. The fraction of sp³-hybridized carbons (Fsp3) is 0.143. The van der Waals surface area contributed by atoms with Crippen molar-refractivity contribution < 1.29 is 0 Å². The summed E-state index contributed by atoms with van der Waals surface area (Å²) in [7, 11) is 0. The highest BCUT2D eigenvalue weighted by molar-refractivity contribution is 9.10. The molecule has 158 valence electrons. The Kier molecular flexibility index (Phi) is 5.39. The third-order valence-electron chi connectivity index (χ3n) is 6.00. The first-order chi connectivity index (χ1) is 15.3. The minimum Gasteiger partial charge on any atom is -0.246 e. The smallest absolute Gasteiger partial charge is 0.0979 e. The Bertz CT molecular complexity index is 1320. The van der Waals surface area contributed by atoms with E-state index in [1.807, 2.05) is 0 Å². The molecule has 0 saturated heterocycles. The van der Waals surface area contributed by atoms with Crippen LogP contribution in [-0.2, 0) is 0 Å². The quantitative estimate of drug-likeness (QED) is 0.240. The maximum absolute atomic E-state index is 5.25. The average molecular weight is 546 g/mol. The average Bonchev–Trinajstić information content (AvgIpc) is 3.02. The first-order valence-corrected chi connectivity index (χ1v) is 12.2. The molecule has 0 heterocycles. The Morgan fingerprint density at radius 1 is 0.562 bits per heavy atom. The lowest BCUT2D eigenvalue weighted by molar-refractivity contribution is 1.31. The fourth-order valence-electron chi connectivity index (χ4n) is 4.60. The molecule has 0 amide bonds. The first kappa shape index (κ1) is 21.3. The molecular formula is C28H22Br2N2.